The summed E-state index contributed by atoms with van der Waals surface area (Å²) in [5.74, 6) is 1.28. The molecule has 2 unspecified atom stereocenters. The normalized spacial score (nSPS) is 26.6. The number of phenolic OH excluding ortho intramolecular Hbond substituents is 1. The fourth-order valence-corrected chi connectivity index (χ4v) is 2.84. The molecule has 1 aromatic heterocycles. The van der Waals surface area contributed by atoms with Gasteiger partial charge in [0.2, 0.25) is 11.7 Å². The minimum absolute atomic E-state index is 0.0497. The van der Waals surface area contributed by atoms with Crippen LogP contribution in [-0.2, 0) is 5.41 Å². The molecule has 1 saturated carbocycles. The van der Waals surface area contributed by atoms with Crippen LogP contribution in [0.2, 0.25) is 0 Å². The molecule has 0 saturated heterocycles. The van der Waals surface area contributed by atoms with Crippen LogP contribution in [0.5, 0.6) is 5.75 Å². The zero-order chi connectivity index (χ0) is 14.2. The summed E-state index contributed by atoms with van der Waals surface area (Å²) in [4.78, 5) is 4.50. The van der Waals surface area contributed by atoms with Crippen LogP contribution >= 0.6 is 0 Å². The van der Waals surface area contributed by atoms with Gasteiger partial charge in [-0.2, -0.15) is 4.98 Å². The molecular formula is C15H19N3O2. The van der Waals surface area contributed by atoms with Crippen molar-refractivity contribution in [2.45, 2.75) is 44.1 Å². The van der Waals surface area contributed by atoms with Crippen LogP contribution in [0, 0.1) is 0 Å². The van der Waals surface area contributed by atoms with E-state index in [1.807, 2.05) is 6.07 Å². The molecule has 0 radical (unpaired) electrons. The van der Waals surface area contributed by atoms with E-state index in [0.717, 1.165) is 31.2 Å². The van der Waals surface area contributed by atoms with Gasteiger partial charge in [0.25, 0.3) is 0 Å². The second-order valence-corrected chi connectivity index (χ2v) is 5.74. The summed E-state index contributed by atoms with van der Waals surface area (Å²) in [5.41, 5.74) is 6.74. The van der Waals surface area contributed by atoms with Crippen molar-refractivity contribution in [2.24, 2.45) is 5.73 Å². The van der Waals surface area contributed by atoms with Gasteiger partial charge in [-0.3, -0.25) is 0 Å². The van der Waals surface area contributed by atoms with Gasteiger partial charge < -0.3 is 15.4 Å². The van der Waals surface area contributed by atoms with Crippen molar-refractivity contribution < 1.29 is 9.63 Å². The molecule has 0 bridgehead atoms. The van der Waals surface area contributed by atoms with Gasteiger partial charge >= 0.3 is 0 Å². The first-order chi connectivity index (χ1) is 9.59. The van der Waals surface area contributed by atoms with Gasteiger partial charge in [0.1, 0.15) is 5.75 Å². The third-order valence-electron chi connectivity index (χ3n) is 4.30. The Hall–Kier alpha value is -1.88. The van der Waals surface area contributed by atoms with Crippen LogP contribution in [0.25, 0.3) is 11.4 Å². The number of benzene rings is 1. The fourth-order valence-electron chi connectivity index (χ4n) is 2.84. The van der Waals surface area contributed by atoms with Crippen LogP contribution in [0.4, 0.5) is 0 Å². The van der Waals surface area contributed by atoms with Crippen molar-refractivity contribution >= 4 is 0 Å². The lowest BCUT2D eigenvalue weighted by molar-refractivity contribution is 0.203. The number of aromatic nitrogens is 2. The van der Waals surface area contributed by atoms with Gasteiger partial charge in [0.15, 0.2) is 0 Å². The molecule has 2 aromatic rings. The Balaban J connectivity index is 1.94. The minimum atomic E-state index is -0.250. The third-order valence-corrected chi connectivity index (χ3v) is 4.30. The number of rotatable bonds is 2. The average Bonchev–Trinajstić information content (AvgIpc) is 2.93. The summed E-state index contributed by atoms with van der Waals surface area (Å²) in [6, 6.07) is 6.89. The van der Waals surface area contributed by atoms with Gasteiger partial charge in [0.05, 0.1) is 5.41 Å². The topological polar surface area (TPSA) is 85.2 Å². The Bertz CT molecular complexity index is 611. The van der Waals surface area contributed by atoms with Crippen LogP contribution in [0.3, 0.4) is 0 Å². The van der Waals surface area contributed by atoms with Gasteiger partial charge in [-0.05, 0) is 31.9 Å². The Morgan fingerprint density at radius 2 is 2.25 bits per heavy atom. The first-order valence-corrected chi connectivity index (χ1v) is 6.99. The van der Waals surface area contributed by atoms with Gasteiger partial charge in [-0.15, -0.1) is 0 Å². The number of phenols is 1. The Morgan fingerprint density at radius 1 is 1.40 bits per heavy atom. The average molecular weight is 273 g/mol. The van der Waals surface area contributed by atoms with E-state index in [9.17, 15) is 5.11 Å². The Morgan fingerprint density at radius 3 is 3.00 bits per heavy atom. The predicted molar refractivity (Wildman–Crippen MR) is 75.2 cm³/mol. The lowest BCUT2D eigenvalue weighted by Crippen LogP contribution is -2.45. The molecule has 5 heteroatoms. The van der Waals surface area contributed by atoms with Crippen LogP contribution < -0.4 is 5.73 Å². The highest BCUT2D eigenvalue weighted by Gasteiger charge is 2.40. The molecule has 1 aliphatic carbocycles. The maximum absolute atomic E-state index is 9.52. The van der Waals surface area contributed by atoms with Crippen molar-refractivity contribution in [3.05, 3.63) is 30.2 Å². The van der Waals surface area contributed by atoms with E-state index in [2.05, 4.69) is 17.1 Å². The highest BCUT2D eigenvalue weighted by atomic mass is 16.5. The number of aromatic hydroxyl groups is 1. The van der Waals surface area contributed by atoms with Crippen LogP contribution in [0.1, 0.15) is 38.5 Å². The minimum Gasteiger partial charge on any atom is -0.508 e. The smallest absolute Gasteiger partial charge is 0.234 e. The molecule has 1 aliphatic rings. The van der Waals surface area contributed by atoms with Crippen molar-refractivity contribution in [1.29, 1.82) is 0 Å². The van der Waals surface area contributed by atoms with E-state index in [1.54, 1.807) is 18.2 Å². The second-order valence-electron chi connectivity index (χ2n) is 5.74. The van der Waals surface area contributed by atoms with Crippen LogP contribution in [0.15, 0.2) is 28.8 Å². The fraction of sp³-hybridized carbons (Fsp3) is 0.467. The molecule has 3 N–H and O–H groups in total. The molecule has 0 amide bonds. The Labute approximate surface area is 117 Å². The van der Waals surface area contributed by atoms with E-state index in [0.29, 0.717) is 11.7 Å². The van der Waals surface area contributed by atoms with E-state index in [1.165, 1.54) is 0 Å². The number of nitrogens with two attached hydrogens (primary N) is 1. The van der Waals surface area contributed by atoms with Crippen molar-refractivity contribution in [2.75, 3.05) is 0 Å². The third kappa shape index (κ3) is 2.18. The molecule has 0 aliphatic heterocycles. The molecule has 1 aromatic carbocycles. The largest absolute Gasteiger partial charge is 0.508 e. The van der Waals surface area contributed by atoms with Crippen LogP contribution in [-0.4, -0.2) is 21.3 Å². The summed E-state index contributed by atoms with van der Waals surface area (Å²) in [6.45, 7) is 2.09. The molecule has 20 heavy (non-hydrogen) atoms. The summed E-state index contributed by atoms with van der Waals surface area (Å²) in [5, 5.41) is 13.5. The van der Waals surface area contributed by atoms with Gasteiger partial charge in [-0.25, -0.2) is 0 Å². The summed E-state index contributed by atoms with van der Waals surface area (Å²) >= 11 is 0. The summed E-state index contributed by atoms with van der Waals surface area (Å²) < 4.78 is 5.45. The molecule has 106 valence electrons. The maximum atomic E-state index is 9.52. The number of nitrogens with zero attached hydrogens (tertiary/aromatic N) is 2. The Kier molecular flexibility index (Phi) is 3.22. The highest BCUT2D eigenvalue weighted by Crippen LogP contribution is 2.38. The molecule has 5 nitrogen and oxygen atoms in total. The van der Waals surface area contributed by atoms with Crippen molar-refractivity contribution in [3.8, 4) is 17.1 Å². The molecule has 0 spiro atoms. The van der Waals surface area contributed by atoms with E-state index < -0.39 is 0 Å². The lowest BCUT2D eigenvalue weighted by atomic mass is 9.72. The maximum Gasteiger partial charge on any atom is 0.234 e. The SMILES string of the molecule is CC1(c2nc(-c3cccc(O)c3)no2)CCCCC1N. The first-order valence-electron chi connectivity index (χ1n) is 6.99. The van der Waals surface area contributed by atoms with E-state index >= 15 is 0 Å². The molecule has 1 fully saturated rings. The van der Waals surface area contributed by atoms with Gasteiger partial charge in [-0.1, -0.05) is 30.1 Å². The molecule has 2 atom stereocenters. The number of hydrogen-bond acceptors (Lipinski definition) is 5. The molecular weight excluding hydrogens is 254 g/mol. The highest BCUT2D eigenvalue weighted by molar-refractivity contribution is 5.56. The second kappa shape index (κ2) is 4.90. The summed E-state index contributed by atoms with van der Waals surface area (Å²) in [7, 11) is 0. The van der Waals surface area contributed by atoms with Gasteiger partial charge in [0, 0.05) is 11.6 Å². The molecule has 3 rings (SSSR count). The van der Waals surface area contributed by atoms with E-state index in [4.69, 9.17) is 10.3 Å². The summed E-state index contributed by atoms with van der Waals surface area (Å²) in [6.07, 6.45) is 4.24. The van der Waals surface area contributed by atoms with Crippen molar-refractivity contribution in [3.63, 3.8) is 0 Å². The quantitative estimate of drug-likeness (QED) is 0.878. The zero-order valence-electron chi connectivity index (χ0n) is 11.5. The molecule has 1 heterocycles. The predicted octanol–water partition coefficient (Wildman–Crippen LogP) is 2.60. The first kappa shape index (κ1) is 13.1. The van der Waals surface area contributed by atoms with E-state index in [-0.39, 0.29) is 17.2 Å². The number of hydrogen-bond donors (Lipinski definition) is 2. The van der Waals surface area contributed by atoms with Crippen molar-refractivity contribution in [1.82, 2.24) is 10.1 Å². The zero-order valence-corrected chi connectivity index (χ0v) is 11.5. The standard InChI is InChI=1S/C15H19N3O2/c1-15(8-3-2-7-12(15)16)14-17-13(18-20-14)10-5-4-6-11(19)9-10/h4-6,9,12,19H,2-3,7-8,16H2,1H3. The lowest BCUT2D eigenvalue weighted by Gasteiger charge is -2.35. The monoisotopic (exact) mass is 273 g/mol.